The van der Waals surface area contributed by atoms with E-state index in [0.29, 0.717) is 12.5 Å². The van der Waals surface area contributed by atoms with Crippen LogP contribution in [0, 0.1) is 11.8 Å². The maximum atomic E-state index is 11.3. The maximum Gasteiger partial charge on any atom is 0.246 e. The molecule has 1 unspecified atom stereocenters. The van der Waals surface area contributed by atoms with Gasteiger partial charge in [0.15, 0.2) is 0 Å². The first-order chi connectivity index (χ1) is 6.07. The topological polar surface area (TPSA) is 38.3 Å². The number of rotatable bonds is 6. The molecule has 0 spiro atoms. The Morgan fingerprint density at radius 2 is 2.00 bits per heavy atom. The summed E-state index contributed by atoms with van der Waals surface area (Å²) in [5.41, 5.74) is 2.46. The van der Waals surface area contributed by atoms with E-state index in [0.717, 1.165) is 12.8 Å². The van der Waals surface area contributed by atoms with Gasteiger partial charge in [-0.3, -0.25) is 9.63 Å². The summed E-state index contributed by atoms with van der Waals surface area (Å²) in [7, 11) is 0. The highest BCUT2D eigenvalue weighted by atomic mass is 16.6. The van der Waals surface area contributed by atoms with E-state index in [9.17, 15) is 4.79 Å². The minimum atomic E-state index is -0.0116. The molecule has 0 radical (unpaired) electrons. The van der Waals surface area contributed by atoms with Crippen molar-refractivity contribution in [2.75, 3.05) is 6.61 Å². The van der Waals surface area contributed by atoms with Crippen LogP contribution < -0.4 is 5.48 Å². The molecule has 0 aliphatic heterocycles. The monoisotopic (exact) mass is 187 g/mol. The predicted octanol–water partition coefficient (Wildman–Crippen LogP) is 2.13. The highest BCUT2D eigenvalue weighted by molar-refractivity contribution is 5.77. The zero-order valence-corrected chi connectivity index (χ0v) is 9.09. The number of nitrogens with one attached hydrogen (secondary N) is 1. The summed E-state index contributed by atoms with van der Waals surface area (Å²) in [6, 6.07) is 0. The molecular formula is C10H21NO2. The summed E-state index contributed by atoms with van der Waals surface area (Å²) in [6.07, 6.45) is 1.94. The molecule has 0 fully saturated rings. The molecule has 1 amide bonds. The van der Waals surface area contributed by atoms with Gasteiger partial charge in [0, 0.05) is 5.92 Å². The number of hydrogen-bond acceptors (Lipinski definition) is 2. The molecule has 3 nitrogen and oxygen atoms in total. The molecule has 0 rings (SSSR count). The van der Waals surface area contributed by atoms with E-state index in [2.05, 4.69) is 12.4 Å². The van der Waals surface area contributed by atoms with Gasteiger partial charge in [-0.1, -0.05) is 34.1 Å². The molecule has 1 atom stereocenters. The molecule has 78 valence electrons. The third-order valence-corrected chi connectivity index (χ3v) is 1.76. The summed E-state index contributed by atoms with van der Waals surface area (Å²) in [5.74, 6) is 0.487. The highest BCUT2D eigenvalue weighted by Gasteiger charge is 2.11. The first kappa shape index (κ1) is 12.4. The molecule has 0 aliphatic rings. The standard InChI is InChI=1S/C10H21NO2/c1-5-6-9(4)10(12)11-13-7-8(2)3/h8-9H,5-7H2,1-4H3,(H,11,12). The zero-order chi connectivity index (χ0) is 10.3. The fraction of sp³-hybridized carbons (Fsp3) is 0.900. The van der Waals surface area contributed by atoms with Crippen LogP contribution in [-0.4, -0.2) is 12.5 Å². The van der Waals surface area contributed by atoms with Crippen LogP contribution in [0.2, 0.25) is 0 Å². The van der Waals surface area contributed by atoms with Gasteiger partial charge in [0.05, 0.1) is 6.61 Å². The molecule has 1 N–H and O–H groups in total. The second-order valence-corrected chi connectivity index (χ2v) is 3.86. The van der Waals surface area contributed by atoms with Crippen molar-refractivity contribution in [2.45, 2.75) is 40.5 Å². The summed E-state index contributed by atoms with van der Waals surface area (Å²) >= 11 is 0. The lowest BCUT2D eigenvalue weighted by molar-refractivity contribution is -0.138. The van der Waals surface area contributed by atoms with Gasteiger partial charge in [-0.2, -0.15) is 0 Å². The number of hydrogen-bond donors (Lipinski definition) is 1. The number of carbonyl (C=O) groups excluding carboxylic acids is 1. The fourth-order valence-electron chi connectivity index (χ4n) is 0.944. The minimum absolute atomic E-state index is 0.0116. The molecule has 13 heavy (non-hydrogen) atoms. The van der Waals surface area contributed by atoms with E-state index in [4.69, 9.17) is 4.84 Å². The normalized spacial score (nSPS) is 13.0. The quantitative estimate of drug-likeness (QED) is 0.647. The smallest absolute Gasteiger partial charge is 0.246 e. The molecule has 0 aromatic heterocycles. The molecule has 0 heterocycles. The Hall–Kier alpha value is -0.570. The first-order valence-electron chi connectivity index (χ1n) is 4.99. The molecular weight excluding hydrogens is 166 g/mol. The molecule has 0 aliphatic carbocycles. The van der Waals surface area contributed by atoms with Crippen molar-refractivity contribution in [2.24, 2.45) is 11.8 Å². The van der Waals surface area contributed by atoms with Gasteiger partial charge in [-0.15, -0.1) is 0 Å². The first-order valence-corrected chi connectivity index (χ1v) is 4.99. The molecule has 0 aromatic carbocycles. The van der Waals surface area contributed by atoms with Gasteiger partial charge in [-0.25, -0.2) is 5.48 Å². The Kier molecular flexibility index (Phi) is 6.59. The number of hydroxylamine groups is 1. The average molecular weight is 187 g/mol. The van der Waals surface area contributed by atoms with Crippen molar-refractivity contribution in [3.8, 4) is 0 Å². The van der Waals surface area contributed by atoms with Crippen molar-refractivity contribution in [1.29, 1.82) is 0 Å². The molecule has 3 heteroatoms. The van der Waals surface area contributed by atoms with Gasteiger partial charge in [0.2, 0.25) is 5.91 Å². The van der Waals surface area contributed by atoms with Gasteiger partial charge < -0.3 is 0 Å². The van der Waals surface area contributed by atoms with E-state index >= 15 is 0 Å². The molecule has 0 bridgehead atoms. The Balaban J connectivity index is 3.50. The van der Waals surface area contributed by atoms with Crippen LogP contribution >= 0.6 is 0 Å². The summed E-state index contributed by atoms with van der Waals surface area (Å²) in [5, 5.41) is 0. The SMILES string of the molecule is CCCC(C)C(=O)NOCC(C)C. The van der Waals surface area contributed by atoms with Crippen molar-refractivity contribution in [3.05, 3.63) is 0 Å². The van der Waals surface area contributed by atoms with E-state index in [1.807, 2.05) is 20.8 Å². The Morgan fingerprint density at radius 1 is 1.38 bits per heavy atom. The van der Waals surface area contributed by atoms with E-state index in [1.54, 1.807) is 0 Å². The lowest BCUT2D eigenvalue weighted by Crippen LogP contribution is -2.30. The average Bonchev–Trinajstić information content (AvgIpc) is 2.04. The van der Waals surface area contributed by atoms with Gasteiger partial charge >= 0.3 is 0 Å². The third-order valence-electron chi connectivity index (χ3n) is 1.76. The minimum Gasteiger partial charge on any atom is -0.273 e. The van der Waals surface area contributed by atoms with Crippen LogP contribution in [0.3, 0.4) is 0 Å². The Labute approximate surface area is 80.8 Å². The zero-order valence-electron chi connectivity index (χ0n) is 9.09. The summed E-state index contributed by atoms with van der Waals surface area (Å²) in [6.45, 7) is 8.64. The van der Waals surface area contributed by atoms with E-state index in [1.165, 1.54) is 0 Å². The molecule has 0 aromatic rings. The van der Waals surface area contributed by atoms with E-state index < -0.39 is 0 Å². The van der Waals surface area contributed by atoms with E-state index in [-0.39, 0.29) is 11.8 Å². The van der Waals surface area contributed by atoms with Crippen molar-refractivity contribution >= 4 is 5.91 Å². The van der Waals surface area contributed by atoms with Crippen LogP contribution in [-0.2, 0) is 9.63 Å². The summed E-state index contributed by atoms with van der Waals surface area (Å²) < 4.78 is 0. The number of carbonyl (C=O) groups is 1. The van der Waals surface area contributed by atoms with Crippen LogP contribution in [0.25, 0.3) is 0 Å². The van der Waals surface area contributed by atoms with Crippen LogP contribution in [0.4, 0.5) is 0 Å². The van der Waals surface area contributed by atoms with Gasteiger partial charge in [0.1, 0.15) is 0 Å². The largest absolute Gasteiger partial charge is 0.273 e. The summed E-state index contributed by atoms with van der Waals surface area (Å²) in [4.78, 5) is 16.3. The molecule has 0 saturated heterocycles. The van der Waals surface area contributed by atoms with Crippen LogP contribution in [0.15, 0.2) is 0 Å². The second-order valence-electron chi connectivity index (χ2n) is 3.86. The Bertz CT molecular complexity index is 146. The fourth-order valence-corrected chi connectivity index (χ4v) is 0.944. The van der Waals surface area contributed by atoms with Crippen LogP contribution in [0.5, 0.6) is 0 Å². The van der Waals surface area contributed by atoms with Gasteiger partial charge in [0.25, 0.3) is 0 Å². The predicted molar refractivity (Wildman–Crippen MR) is 53.0 cm³/mol. The van der Waals surface area contributed by atoms with Crippen molar-refractivity contribution < 1.29 is 9.63 Å². The third kappa shape index (κ3) is 6.58. The van der Waals surface area contributed by atoms with Gasteiger partial charge in [-0.05, 0) is 12.3 Å². The maximum absolute atomic E-state index is 11.3. The lowest BCUT2D eigenvalue weighted by Gasteiger charge is -2.11. The highest BCUT2D eigenvalue weighted by Crippen LogP contribution is 2.04. The van der Waals surface area contributed by atoms with Crippen LogP contribution in [0.1, 0.15) is 40.5 Å². The lowest BCUT2D eigenvalue weighted by atomic mass is 10.1. The second kappa shape index (κ2) is 6.89. The Morgan fingerprint density at radius 3 is 2.46 bits per heavy atom. The number of amides is 1. The van der Waals surface area contributed by atoms with Crippen molar-refractivity contribution in [1.82, 2.24) is 5.48 Å². The molecule has 0 saturated carbocycles. The van der Waals surface area contributed by atoms with Crippen molar-refractivity contribution in [3.63, 3.8) is 0 Å².